The summed E-state index contributed by atoms with van der Waals surface area (Å²) in [6.45, 7) is 3.19. The van der Waals surface area contributed by atoms with E-state index in [1.165, 1.54) is 28.7 Å². The number of ether oxygens (including phenoxy) is 1. The van der Waals surface area contributed by atoms with Crippen molar-refractivity contribution >= 4 is 27.3 Å². The molecule has 5 heteroatoms. The first-order valence-electron chi connectivity index (χ1n) is 6.55. The van der Waals surface area contributed by atoms with Crippen molar-refractivity contribution in [3.05, 3.63) is 20.8 Å². The molecule has 3 unspecified atom stereocenters. The van der Waals surface area contributed by atoms with Gasteiger partial charge < -0.3 is 10.1 Å². The number of thiophene rings is 1. The third-order valence-corrected chi connectivity index (χ3v) is 5.98. The van der Waals surface area contributed by atoms with Gasteiger partial charge in [0.1, 0.15) is 0 Å². The van der Waals surface area contributed by atoms with Crippen LogP contribution in [0.15, 0.2) is 15.9 Å². The summed E-state index contributed by atoms with van der Waals surface area (Å²) in [6, 6.07) is 3.08. The topological polar surface area (TPSA) is 24.5 Å². The Morgan fingerprint density at radius 2 is 2.50 bits per heavy atom. The molecule has 1 aromatic rings. The van der Waals surface area contributed by atoms with Crippen LogP contribution in [-0.4, -0.2) is 43.8 Å². The summed E-state index contributed by atoms with van der Waals surface area (Å²) in [6.07, 6.45) is 2.90. The predicted octanol–water partition coefficient (Wildman–Crippen LogP) is 2.63. The second kappa shape index (κ2) is 5.59. The molecule has 3 rings (SSSR count). The molecule has 0 spiro atoms. The smallest absolute Gasteiger partial charge is 0.0905 e. The van der Waals surface area contributed by atoms with Gasteiger partial charge in [-0.25, -0.2) is 0 Å². The highest BCUT2D eigenvalue weighted by molar-refractivity contribution is 9.10. The molecule has 18 heavy (non-hydrogen) atoms. The van der Waals surface area contributed by atoms with E-state index in [4.69, 9.17) is 4.74 Å². The number of fused-ring (bicyclic) bond motifs is 1. The molecule has 100 valence electrons. The molecule has 2 fully saturated rings. The molecule has 0 saturated carbocycles. The Bertz CT molecular complexity index is 411. The van der Waals surface area contributed by atoms with Crippen molar-refractivity contribution in [1.82, 2.24) is 10.2 Å². The number of rotatable bonds is 3. The molecule has 0 aromatic carbocycles. The highest BCUT2D eigenvalue weighted by atomic mass is 79.9. The van der Waals surface area contributed by atoms with Gasteiger partial charge in [-0.15, -0.1) is 11.3 Å². The van der Waals surface area contributed by atoms with Gasteiger partial charge in [-0.3, -0.25) is 4.90 Å². The Hall–Kier alpha value is 0.0600. The maximum atomic E-state index is 6.11. The van der Waals surface area contributed by atoms with Crippen molar-refractivity contribution < 1.29 is 4.74 Å². The molecular formula is C13H19BrN2OS. The molecule has 3 atom stereocenters. The van der Waals surface area contributed by atoms with Crippen molar-refractivity contribution in [3.63, 3.8) is 0 Å². The van der Waals surface area contributed by atoms with Gasteiger partial charge in [0.05, 0.1) is 18.8 Å². The Morgan fingerprint density at radius 1 is 1.61 bits per heavy atom. The van der Waals surface area contributed by atoms with Crippen LogP contribution in [0, 0.1) is 0 Å². The number of nitrogens with one attached hydrogen (secondary N) is 1. The molecule has 1 N–H and O–H groups in total. The number of halogens is 1. The van der Waals surface area contributed by atoms with E-state index in [1.54, 1.807) is 11.3 Å². The zero-order chi connectivity index (χ0) is 12.5. The van der Waals surface area contributed by atoms with E-state index >= 15 is 0 Å². The van der Waals surface area contributed by atoms with Crippen LogP contribution in [0.4, 0.5) is 0 Å². The Morgan fingerprint density at radius 3 is 3.22 bits per heavy atom. The first-order valence-corrected chi connectivity index (χ1v) is 8.22. The second-order valence-electron chi connectivity index (χ2n) is 5.06. The molecule has 2 saturated heterocycles. The van der Waals surface area contributed by atoms with Crippen molar-refractivity contribution in [1.29, 1.82) is 0 Å². The van der Waals surface area contributed by atoms with Crippen LogP contribution in [-0.2, 0) is 4.74 Å². The monoisotopic (exact) mass is 330 g/mol. The molecule has 3 heterocycles. The maximum absolute atomic E-state index is 6.11. The van der Waals surface area contributed by atoms with Gasteiger partial charge in [0.15, 0.2) is 0 Å². The average Bonchev–Trinajstić information content (AvgIpc) is 2.99. The van der Waals surface area contributed by atoms with E-state index in [2.05, 4.69) is 37.6 Å². The Kier molecular flexibility index (Phi) is 4.06. The molecule has 0 aliphatic carbocycles. The van der Waals surface area contributed by atoms with Gasteiger partial charge in [0, 0.05) is 21.9 Å². The number of hydrogen-bond acceptors (Lipinski definition) is 4. The summed E-state index contributed by atoms with van der Waals surface area (Å²) in [5, 5.41) is 5.55. The first-order chi connectivity index (χ1) is 8.79. The van der Waals surface area contributed by atoms with E-state index in [9.17, 15) is 0 Å². The standard InChI is InChI=1S/C13H19BrN2OS/c1-15-12(13-10(14)4-6-18-13)11-7-16-5-2-3-9(16)8-17-11/h4,6,9,11-12,15H,2-3,5,7-8H2,1H3. The molecule has 1 aromatic heterocycles. The zero-order valence-electron chi connectivity index (χ0n) is 10.6. The Balaban J connectivity index is 1.74. The van der Waals surface area contributed by atoms with Gasteiger partial charge >= 0.3 is 0 Å². The van der Waals surface area contributed by atoms with Crippen molar-refractivity contribution in [2.75, 3.05) is 26.7 Å². The van der Waals surface area contributed by atoms with Gasteiger partial charge in [0.2, 0.25) is 0 Å². The zero-order valence-corrected chi connectivity index (χ0v) is 13.0. The summed E-state index contributed by atoms with van der Waals surface area (Å²) >= 11 is 5.43. The second-order valence-corrected chi connectivity index (χ2v) is 6.86. The highest BCUT2D eigenvalue weighted by Crippen LogP contribution is 2.34. The van der Waals surface area contributed by atoms with Crippen LogP contribution >= 0.6 is 27.3 Å². The minimum Gasteiger partial charge on any atom is -0.373 e. The van der Waals surface area contributed by atoms with E-state index < -0.39 is 0 Å². The van der Waals surface area contributed by atoms with Crippen LogP contribution in [0.3, 0.4) is 0 Å². The predicted molar refractivity (Wildman–Crippen MR) is 78.2 cm³/mol. The fourth-order valence-electron chi connectivity index (χ4n) is 3.06. The van der Waals surface area contributed by atoms with Gasteiger partial charge in [0.25, 0.3) is 0 Å². The van der Waals surface area contributed by atoms with Crippen LogP contribution in [0.5, 0.6) is 0 Å². The van der Waals surface area contributed by atoms with Crippen LogP contribution < -0.4 is 5.32 Å². The summed E-state index contributed by atoms with van der Waals surface area (Å²) in [4.78, 5) is 3.94. The number of morpholine rings is 1. The fourth-order valence-corrected chi connectivity index (χ4v) is 4.84. The normalized spacial score (nSPS) is 30.3. The maximum Gasteiger partial charge on any atom is 0.0905 e. The molecule has 2 aliphatic heterocycles. The molecule has 3 nitrogen and oxygen atoms in total. The number of likely N-dealkylation sites (N-methyl/N-ethyl adjacent to an activating group) is 1. The van der Waals surface area contributed by atoms with E-state index in [-0.39, 0.29) is 6.10 Å². The van der Waals surface area contributed by atoms with E-state index in [0.29, 0.717) is 12.1 Å². The van der Waals surface area contributed by atoms with Gasteiger partial charge in [-0.05, 0) is 53.8 Å². The molecule has 0 radical (unpaired) electrons. The lowest BCUT2D eigenvalue weighted by atomic mass is 10.1. The van der Waals surface area contributed by atoms with Crippen molar-refractivity contribution in [3.8, 4) is 0 Å². The first kappa shape index (κ1) is 13.1. The largest absolute Gasteiger partial charge is 0.373 e. The molecule has 0 bridgehead atoms. The molecule has 2 aliphatic rings. The molecular weight excluding hydrogens is 312 g/mol. The lowest BCUT2D eigenvalue weighted by molar-refractivity contribution is -0.0638. The van der Waals surface area contributed by atoms with Crippen LogP contribution in [0.2, 0.25) is 0 Å². The highest BCUT2D eigenvalue weighted by Gasteiger charge is 2.36. The minimum atomic E-state index is 0.263. The summed E-state index contributed by atoms with van der Waals surface area (Å²) in [5.41, 5.74) is 0. The third-order valence-electron chi connectivity index (χ3n) is 4.03. The van der Waals surface area contributed by atoms with Crippen molar-refractivity contribution in [2.24, 2.45) is 0 Å². The van der Waals surface area contributed by atoms with Gasteiger partial charge in [-0.1, -0.05) is 0 Å². The molecule has 0 amide bonds. The van der Waals surface area contributed by atoms with Gasteiger partial charge in [-0.2, -0.15) is 0 Å². The lowest BCUT2D eigenvalue weighted by Gasteiger charge is -2.38. The summed E-state index contributed by atoms with van der Waals surface area (Å²) < 4.78 is 7.30. The van der Waals surface area contributed by atoms with E-state index in [1.807, 2.05) is 7.05 Å². The SMILES string of the molecule is CNC(c1sccc1Br)C1CN2CCCC2CO1. The summed E-state index contributed by atoms with van der Waals surface area (Å²) in [7, 11) is 2.02. The summed E-state index contributed by atoms with van der Waals surface area (Å²) in [5.74, 6) is 0. The minimum absolute atomic E-state index is 0.263. The fraction of sp³-hybridized carbons (Fsp3) is 0.692. The van der Waals surface area contributed by atoms with Crippen molar-refractivity contribution in [2.45, 2.75) is 31.0 Å². The van der Waals surface area contributed by atoms with E-state index in [0.717, 1.165) is 13.2 Å². The number of hydrogen-bond donors (Lipinski definition) is 1. The third kappa shape index (κ3) is 2.39. The van der Waals surface area contributed by atoms with Crippen LogP contribution in [0.1, 0.15) is 23.8 Å². The average molecular weight is 331 g/mol. The number of nitrogens with zero attached hydrogens (tertiary/aromatic N) is 1. The Labute approximate surface area is 121 Å². The quantitative estimate of drug-likeness (QED) is 0.922. The van der Waals surface area contributed by atoms with Crippen LogP contribution in [0.25, 0.3) is 0 Å². The lowest BCUT2D eigenvalue weighted by Crippen LogP contribution is -2.50.